The summed E-state index contributed by atoms with van der Waals surface area (Å²) in [6, 6.07) is 28.9. The number of hydrogen-bond donors (Lipinski definition) is 3. The number of ether oxygens (including phenoxy) is 2. The Morgan fingerprint density at radius 1 is 0.795 bits per heavy atom. The van der Waals surface area contributed by atoms with Crippen molar-refractivity contribution < 1.29 is 19.1 Å². The summed E-state index contributed by atoms with van der Waals surface area (Å²) >= 11 is 0. The lowest BCUT2D eigenvalue weighted by Crippen LogP contribution is -2.24. The Hall–Kier alpha value is -4.91. The summed E-state index contributed by atoms with van der Waals surface area (Å²) in [5.41, 5.74) is 12.8. The first-order valence-corrected chi connectivity index (χ1v) is 12.6. The molecule has 5 rings (SSSR count). The van der Waals surface area contributed by atoms with E-state index in [1.165, 1.54) is 25.8 Å². The van der Waals surface area contributed by atoms with Crippen LogP contribution in [0.5, 0.6) is 0 Å². The lowest BCUT2D eigenvalue weighted by atomic mass is 9.78. The molecule has 39 heavy (non-hydrogen) atoms. The molecule has 0 aromatic heterocycles. The van der Waals surface area contributed by atoms with Gasteiger partial charge in [-0.2, -0.15) is 0 Å². The van der Waals surface area contributed by atoms with Crippen LogP contribution in [0.25, 0.3) is 11.1 Å². The Morgan fingerprint density at radius 2 is 1.49 bits per heavy atom. The Balaban J connectivity index is 1.63. The van der Waals surface area contributed by atoms with E-state index in [-0.39, 0.29) is 28.9 Å². The Morgan fingerprint density at radius 3 is 2.21 bits per heavy atom. The summed E-state index contributed by atoms with van der Waals surface area (Å²) in [5, 5.41) is 11.6. The fourth-order valence-corrected chi connectivity index (χ4v) is 5.31. The largest absolute Gasteiger partial charge is 0.465 e. The van der Waals surface area contributed by atoms with Crippen molar-refractivity contribution >= 4 is 23.5 Å². The average molecular weight is 520 g/mol. The van der Waals surface area contributed by atoms with Gasteiger partial charge in [0.1, 0.15) is 5.84 Å². The van der Waals surface area contributed by atoms with Crippen LogP contribution < -0.4 is 11.1 Å². The van der Waals surface area contributed by atoms with Gasteiger partial charge in [0.15, 0.2) is 0 Å². The molecule has 0 saturated heterocycles. The van der Waals surface area contributed by atoms with Crippen LogP contribution in [-0.2, 0) is 9.47 Å². The number of rotatable bonds is 6. The molecule has 0 saturated carbocycles. The van der Waals surface area contributed by atoms with Crippen molar-refractivity contribution in [2.24, 2.45) is 5.73 Å². The summed E-state index contributed by atoms with van der Waals surface area (Å²) in [5.74, 6) is -0.975. The van der Waals surface area contributed by atoms with Crippen LogP contribution >= 0.6 is 0 Å². The molecule has 2 unspecified atom stereocenters. The highest BCUT2D eigenvalue weighted by Crippen LogP contribution is 2.46. The van der Waals surface area contributed by atoms with Crippen molar-refractivity contribution in [1.29, 1.82) is 5.41 Å². The summed E-state index contributed by atoms with van der Waals surface area (Å²) in [6.07, 6.45) is 0.739. The first-order chi connectivity index (χ1) is 18.9. The van der Waals surface area contributed by atoms with Crippen LogP contribution in [0.1, 0.15) is 61.4 Å². The second kappa shape index (κ2) is 10.8. The van der Waals surface area contributed by atoms with E-state index >= 15 is 0 Å². The van der Waals surface area contributed by atoms with Gasteiger partial charge in [0.05, 0.1) is 31.4 Å². The van der Waals surface area contributed by atoms with E-state index in [1.807, 2.05) is 54.6 Å². The molecule has 1 aliphatic heterocycles. The van der Waals surface area contributed by atoms with Gasteiger partial charge in [-0.15, -0.1) is 0 Å². The van der Waals surface area contributed by atoms with Crippen molar-refractivity contribution in [1.82, 2.24) is 0 Å². The molecule has 4 aromatic rings. The molecule has 0 radical (unpaired) electrons. The zero-order chi connectivity index (χ0) is 27.5. The van der Waals surface area contributed by atoms with E-state index in [1.54, 1.807) is 12.1 Å². The van der Waals surface area contributed by atoms with Crippen molar-refractivity contribution in [2.75, 3.05) is 19.5 Å². The average Bonchev–Trinajstić information content (AvgIpc) is 2.99. The van der Waals surface area contributed by atoms with E-state index in [9.17, 15) is 9.59 Å². The minimum atomic E-state index is -0.536. The number of fused-ring (bicyclic) bond motifs is 1. The van der Waals surface area contributed by atoms with E-state index < -0.39 is 11.9 Å². The van der Waals surface area contributed by atoms with Crippen molar-refractivity contribution in [3.05, 3.63) is 124 Å². The van der Waals surface area contributed by atoms with Crippen LogP contribution in [0.2, 0.25) is 0 Å². The molecule has 7 heteroatoms. The maximum atomic E-state index is 12.8. The molecule has 0 bridgehead atoms. The second-order valence-corrected chi connectivity index (χ2v) is 9.44. The molecule has 2 atom stereocenters. The predicted octanol–water partition coefficient (Wildman–Crippen LogP) is 5.90. The molecule has 4 aromatic carbocycles. The maximum absolute atomic E-state index is 12.8. The number of hydrogen-bond acceptors (Lipinski definition) is 6. The molecule has 0 amide bonds. The third-order valence-electron chi connectivity index (χ3n) is 7.21. The molecule has 4 N–H and O–H groups in total. The molecule has 0 spiro atoms. The number of esters is 2. The molecule has 7 nitrogen and oxygen atoms in total. The minimum absolute atomic E-state index is 0.0304. The van der Waals surface area contributed by atoms with E-state index in [0.717, 1.165) is 28.8 Å². The monoisotopic (exact) mass is 519 g/mol. The molecular formula is C32H29N3O4. The molecule has 0 aliphatic carbocycles. The van der Waals surface area contributed by atoms with Gasteiger partial charge < -0.3 is 20.5 Å². The first kappa shape index (κ1) is 25.7. The van der Waals surface area contributed by atoms with Gasteiger partial charge in [-0.1, -0.05) is 60.7 Å². The smallest absolute Gasteiger partial charge is 0.338 e. The zero-order valence-electron chi connectivity index (χ0n) is 21.7. The standard InChI is InChI=1S/C32H29N3O4/c1-38-31(36)21-12-14-23(27(17-21)32(37)39-2)22-10-6-7-11-24(22)29-18-25(19-8-4-3-5-9-19)26-16-20(30(33)34)13-15-28(26)35-29/h3-17,25,29,35H,18H2,1-2H3,(H3,33,34). The van der Waals surface area contributed by atoms with Crippen molar-refractivity contribution in [3.8, 4) is 11.1 Å². The van der Waals surface area contributed by atoms with Gasteiger partial charge in [-0.05, 0) is 64.6 Å². The van der Waals surface area contributed by atoms with Crippen LogP contribution in [0.15, 0.2) is 91.0 Å². The Bertz CT molecular complexity index is 1570. The van der Waals surface area contributed by atoms with Gasteiger partial charge in [0, 0.05) is 17.2 Å². The number of anilines is 1. The van der Waals surface area contributed by atoms with Gasteiger partial charge in [-0.25, -0.2) is 9.59 Å². The number of amidine groups is 1. The highest BCUT2D eigenvalue weighted by atomic mass is 16.5. The molecule has 196 valence electrons. The topological polar surface area (TPSA) is 115 Å². The Kier molecular flexibility index (Phi) is 7.14. The third kappa shape index (κ3) is 4.99. The highest BCUT2D eigenvalue weighted by molar-refractivity contribution is 6.01. The van der Waals surface area contributed by atoms with Crippen LogP contribution in [-0.4, -0.2) is 32.0 Å². The third-order valence-corrected chi connectivity index (χ3v) is 7.21. The van der Waals surface area contributed by atoms with Crippen molar-refractivity contribution in [3.63, 3.8) is 0 Å². The summed E-state index contributed by atoms with van der Waals surface area (Å²) in [6.45, 7) is 0. The van der Waals surface area contributed by atoms with Gasteiger partial charge >= 0.3 is 11.9 Å². The molecule has 1 aliphatic rings. The van der Waals surface area contributed by atoms with Crippen molar-refractivity contribution in [2.45, 2.75) is 18.4 Å². The number of carbonyl (C=O) groups excluding carboxylic acids is 2. The van der Waals surface area contributed by atoms with Crippen LogP contribution in [0.4, 0.5) is 5.69 Å². The summed E-state index contributed by atoms with van der Waals surface area (Å²) in [7, 11) is 2.63. The minimum Gasteiger partial charge on any atom is -0.465 e. The first-order valence-electron chi connectivity index (χ1n) is 12.6. The number of nitrogen functional groups attached to an aromatic ring is 1. The number of nitrogens with one attached hydrogen (secondary N) is 2. The fraction of sp³-hybridized carbons (Fsp3) is 0.156. The number of carbonyl (C=O) groups is 2. The van der Waals surface area contributed by atoms with E-state index in [0.29, 0.717) is 11.1 Å². The quantitative estimate of drug-likeness (QED) is 0.166. The van der Waals surface area contributed by atoms with Crippen LogP contribution in [0.3, 0.4) is 0 Å². The summed E-state index contributed by atoms with van der Waals surface area (Å²) in [4.78, 5) is 25.0. The number of benzene rings is 4. The molecule has 1 heterocycles. The van der Waals surface area contributed by atoms with E-state index in [4.69, 9.17) is 20.6 Å². The van der Waals surface area contributed by atoms with E-state index in [2.05, 4.69) is 23.5 Å². The SMILES string of the molecule is COC(=O)c1ccc(-c2ccccc2C2CC(c3ccccc3)c3cc(C(=N)N)ccc3N2)c(C(=O)OC)c1. The molecule has 0 fully saturated rings. The Labute approximate surface area is 227 Å². The maximum Gasteiger partial charge on any atom is 0.338 e. The fourth-order valence-electron chi connectivity index (χ4n) is 5.31. The normalized spacial score (nSPS) is 15.9. The lowest BCUT2D eigenvalue weighted by Gasteiger charge is -2.35. The zero-order valence-corrected chi connectivity index (χ0v) is 21.7. The highest BCUT2D eigenvalue weighted by Gasteiger charge is 2.31. The second-order valence-electron chi connectivity index (χ2n) is 9.44. The molecular weight excluding hydrogens is 490 g/mol. The van der Waals surface area contributed by atoms with Gasteiger partial charge in [0.25, 0.3) is 0 Å². The predicted molar refractivity (Wildman–Crippen MR) is 151 cm³/mol. The number of nitrogens with two attached hydrogens (primary N) is 1. The lowest BCUT2D eigenvalue weighted by molar-refractivity contribution is 0.0600. The van der Waals surface area contributed by atoms with Gasteiger partial charge in [-0.3, -0.25) is 5.41 Å². The van der Waals surface area contributed by atoms with Gasteiger partial charge in [0.2, 0.25) is 0 Å². The summed E-state index contributed by atoms with van der Waals surface area (Å²) < 4.78 is 9.93. The number of methoxy groups -OCH3 is 2. The van der Waals surface area contributed by atoms with Crippen LogP contribution in [0, 0.1) is 5.41 Å².